The van der Waals surface area contributed by atoms with Gasteiger partial charge in [0.05, 0.1) is 20.5 Å². The van der Waals surface area contributed by atoms with Crippen LogP contribution in [0.1, 0.15) is 17.7 Å². The summed E-state index contributed by atoms with van der Waals surface area (Å²) in [7, 11) is 5.13. The summed E-state index contributed by atoms with van der Waals surface area (Å²) in [6.07, 6.45) is -4.20. The van der Waals surface area contributed by atoms with Crippen molar-refractivity contribution >= 4 is 40.8 Å². The number of nitriles is 1. The van der Waals surface area contributed by atoms with Crippen molar-refractivity contribution in [3.05, 3.63) is 33.4 Å². The van der Waals surface area contributed by atoms with Crippen molar-refractivity contribution in [1.29, 1.82) is 5.26 Å². The number of aromatic nitrogens is 2. The number of benzene rings is 1. The van der Waals surface area contributed by atoms with Crippen LogP contribution in [0.5, 0.6) is 0 Å². The molecule has 0 saturated carbocycles. The smallest absolute Gasteiger partial charge is 0.359 e. The summed E-state index contributed by atoms with van der Waals surface area (Å²) in [5.41, 5.74) is -6.70. The minimum atomic E-state index is -4.74. The molecule has 0 radical (unpaired) electrons. The highest BCUT2D eigenvalue weighted by molar-refractivity contribution is 8.00. The van der Waals surface area contributed by atoms with Gasteiger partial charge in [-0.2, -0.15) is 36.7 Å². The van der Waals surface area contributed by atoms with Gasteiger partial charge in [0.2, 0.25) is 0 Å². The number of alkyl halides is 6. The maximum absolute atomic E-state index is 13.2. The van der Waals surface area contributed by atoms with E-state index in [0.717, 1.165) is 4.68 Å². The topological polar surface area (TPSA) is 48.1 Å². The first-order valence-electron chi connectivity index (χ1n) is 8.87. The van der Waals surface area contributed by atoms with E-state index < -0.39 is 49.6 Å². The van der Waals surface area contributed by atoms with Gasteiger partial charge in [-0.1, -0.05) is 23.2 Å². The van der Waals surface area contributed by atoms with Crippen molar-refractivity contribution in [1.82, 2.24) is 14.7 Å². The van der Waals surface area contributed by atoms with Gasteiger partial charge in [0, 0.05) is 13.6 Å². The Morgan fingerprint density at radius 2 is 1.62 bits per heavy atom. The fourth-order valence-corrected chi connectivity index (χ4v) is 4.23. The Morgan fingerprint density at radius 3 is 2.06 bits per heavy atom. The molecule has 5 nitrogen and oxygen atoms in total. The SMILES string of the molecule is CN(C)CCCN(C)c1c(SC(F)(F)F)c(C#N)nn1-c1c(Cl)cc(C(F)(F)F)cc1Cl. The van der Waals surface area contributed by atoms with Crippen LogP contribution < -0.4 is 4.90 Å². The van der Waals surface area contributed by atoms with Gasteiger partial charge < -0.3 is 9.80 Å². The van der Waals surface area contributed by atoms with Crippen LogP contribution in [0, 0.1) is 11.3 Å². The van der Waals surface area contributed by atoms with E-state index in [4.69, 9.17) is 23.2 Å². The molecule has 0 aliphatic rings. The third kappa shape index (κ3) is 6.37. The van der Waals surface area contributed by atoms with Crippen LogP contribution in [0.4, 0.5) is 32.2 Å². The summed E-state index contributed by atoms with van der Waals surface area (Å²) < 4.78 is 79.8. The third-order valence-corrected chi connectivity index (χ3v) is 5.55. The molecule has 0 saturated heterocycles. The molecule has 2 rings (SSSR count). The lowest BCUT2D eigenvalue weighted by molar-refractivity contribution is -0.137. The first-order chi connectivity index (χ1) is 14.7. The van der Waals surface area contributed by atoms with Gasteiger partial charge in [0.1, 0.15) is 17.6 Å². The van der Waals surface area contributed by atoms with Crippen molar-refractivity contribution in [2.75, 3.05) is 39.1 Å². The third-order valence-electron chi connectivity index (χ3n) is 4.16. The van der Waals surface area contributed by atoms with Crippen LogP contribution in [-0.4, -0.2) is 54.4 Å². The molecule has 0 aliphatic carbocycles. The summed E-state index contributed by atoms with van der Waals surface area (Å²) in [6, 6.07) is 2.80. The maximum Gasteiger partial charge on any atom is 0.446 e. The van der Waals surface area contributed by atoms with Crippen LogP contribution in [0.25, 0.3) is 5.69 Å². The molecule has 1 aromatic heterocycles. The van der Waals surface area contributed by atoms with Gasteiger partial charge in [0.15, 0.2) is 5.69 Å². The Balaban J connectivity index is 2.71. The van der Waals surface area contributed by atoms with Gasteiger partial charge >= 0.3 is 11.7 Å². The second-order valence-electron chi connectivity index (χ2n) is 6.94. The molecule has 0 atom stereocenters. The zero-order valence-electron chi connectivity index (χ0n) is 16.9. The van der Waals surface area contributed by atoms with Crippen LogP contribution in [0.3, 0.4) is 0 Å². The molecule has 1 heterocycles. The van der Waals surface area contributed by atoms with Crippen molar-refractivity contribution in [2.24, 2.45) is 0 Å². The molecule has 0 amide bonds. The maximum atomic E-state index is 13.2. The molecular weight excluding hydrogens is 503 g/mol. The van der Waals surface area contributed by atoms with E-state index in [1.807, 2.05) is 19.0 Å². The number of anilines is 1. The molecule has 0 aliphatic heterocycles. The highest BCUT2D eigenvalue weighted by atomic mass is 35.5. The van der Waals surface area contributed by atoms with Crippen molar-refractivity contribution in [2.45, 2.75) is 23.0 Å². The van der Waals surface area contributed by atoms with E-state index in [-0.39, 0.29) is 18.1 Å². The van der Waals surface area contributed by atoms with Gasteiger partial charge in [-0.25, -0.2) is 4.68 Å². The Labute approximate surface area is 194 Å². The van der Waals surface area contributed by atoms with E-state index in [0.29, 0.717) is 25.1 Å². The molecule has 32 heavy (non-hydrogen) atoms. The fourth-order valence-electron chi connectivity index (χ4n) is 2.83. The number of hydrogen-bond acceptors (Lipinski definition) is 5. The quantitative estimate of drug-likeness (QED) is 0.328. The van der Waals surface area contributed by atoms with Crippen molar-refractivity contribution in [3.63, 3.8) is 0 Å². The average molecular weight is 520 g/mol. The van der Waals surface area contributed by atoms with Crippen LogP contribution in [0.15, 0.2) is 17.0 Å². The van der Waals surface area contributed by atoms with E-state index in [2.05, 4.69) is 5.10 Å². The summed E-state index contributed by atoms with van der Waals surface area (Å²) >= 11 is 11.6. The Bertz CT molecular complexity index is 990. The Hall–Kier alpha value is -1.81. The van der Waals surface area contributed by atoms with Gasteiger partial charge in [-0.15, -0.1) is 0 Å². The molecule has 0 bridgehead atoms. The van der Waals surface area contributed by atoms with Crippen LogP contribution in [0.2, 0.25) is 10.0 Å². The standard InChI is InChI=1S/C18H17Cl2F6N5S/c1-29(2)5-4-6-30(3)16-15(32-18(24,25)26)13(9-27)28-31(16)14-11(19)7-10(8-12(14)20)17(21,22)23/h7-8H,4-6H2,1-3H3. The molecule has 14 heteroatoms. The van der Waals surface area contributed by atoms with Crippen molar-refractivity contribution in [3.8, 4) is 11.8 Å². The van der Waals surface area contributed by atoms with Crippen LogP contribution >= 0.6 is 35.0 Å². The monoisotopic (exact) mass is 519 g/mol. The lowest BCUT2D eigenvalue weighted by atomic mass is 10.2. The van der Waals surface area contributed by atoms with Crippen molar-refractivity contribution < 1.29 is 26.3 Å². The van der Waals surface area contributed by atoms with Gasteiger partial charge in [-0.3, -0.25) is 0 Å². The number of rotatable bonds is 7. The molecule has 176 valence electrons. The highest BCUT2D eigenvalue weighted by Gasteiger charge is 2.37. The average Bonchev–Trinajstić information content (AvgIpc) is 2.96. The number of halogens is 8. The first kappa shape index (κ1) is 26.4. The predicted octanol–water partition coefficient (Wildman–Crippen LogP) is 6.07. The lowest BCUT2D eigenvalue weighted by Crippen LogP contribution is -2.26. The predicted molar refractivity (Wildman–Crippen MR) is 112 cm³/mol. The van der Waals surface area contributed by atoms with Crippen LogP contribution in [-0.2, 0) is 6.18 Å². The molecule has 1 aromatic carbocycles. The molecule has 2 aromatic rings. The minimum absolute atomic E-state index is 0.161. The molecule has 0 fully saturated rings. The molecule has 0 spiro atoms. The highest BCUT2D eigenvalue weighted by Crippen LogP contribution is 2.46. The first-order valence-corrected chi connectivity index (χ1v) is 10.4. The summed E-state index contributed by atoms with van der Waals surface area (Å²) in [4.78, 5) is 2.80. The Kier molecular flexibility index (Phi) is 8.25. The zero-order valence-corrected chi connectivity index (χ0v) is 19.3. The normalized spacial score (nSPS) is 12.3. The second-order valence-corrected chi connectivity index (χ2v) is 8.83. The second kappa shape index (κ2) is 9.99. The van der Waals surface area contributed by atoms with E-state index in [9.17, 15) is 31.6 Å². The fraction of sp³-hybridized carbons (Fsp3) is 0.444. The summed E-state index contributed by atoms with van der Waals surface area (Å²) in [6.45, 7) is 0.878. The number of thioether (sulfide) groups is 1. The van der Waals surface area contributed by atoms with E-state index in [1.165, 1.54) is 11.9 Å². The number of hydrogen-bond donors (Lipinski definition) is 0. The zero-order chi connectivity index (χ0) is 24.4. The minimum Gasteiger partial charge on any atom is -0.359 e. The van der Waals surface area contributed by atoms with E-state index >= 15 is 0 Å². The Morgan fingerprint density at radius 1 is 1.06 bits per heavy atom. The molecule has 0 unspecified atom stereocenters. The molecular formula is C18H17Cl2F6N5S. The molecule has 0 N–H and O–H groups in total. The largest absolute Gasteiger partial charge is 0.446 e. The van der Waals surface area contributed by atoms with E-state index in [1.54, 1.807) is 6.07 Å². The van der Waals surface area contributed by atoms with Gasteiger partial charge in [-0.05, 0) is 51.0 Å². The van der Waals surface area contributed by atoms with Gasteiger partial charge in [0.25, 0.3) is 0 Å². The summed E-state index contributed by atoms with van der Waals surface area (Å²) in [5.74, 6) is -0.161. The summed E-state index contributed by atoms with van der Waals surface area (Å²) in [5, 5.41) is 12.3. The number of nitrogens with zero attached hydrogens (tertiary/aromatic N) is 5. The lowest BCUT2D eigenvalue weighted by Gasteiger charge is -2.24.